The molecule has 0 amide bonds. The van der Waals surface area contributed by atoms with Gasteiger partial charge in [-0.1, -0.05) is 12.1 Å². The van der Waals surface area contributed by atoms with Crippen molar-refractivity contribution in [2.24, 2.45) is 0 Å². The molecular weight excluding hydrogens is 300 g/mol. The average Bonchev–Trinajstić information content (AvgIpc) is 2.57. The first kappa shape index (κ1) is 15.7. The third kappa shape index (κ3) is 3.27. The predicted octanol–water partition coefficient (Wildman–Crippen LogP) is 3.87. The molecule has 122 valence electrons. The number of aryl methyl sites for hydroxylation is 3. The summed E-state index contributed by atoms with van der Waals surface area (Å²) in [6.45, 7) is 6.12. The zero-order valence-corrected chi connectivity index (χ0v) is 14.0. The van der Waals surface area contributed by atoms with Gasteiger partial charge in [-0.15, -0.1) is 0 Å². The number of benzene rings is 1. The van der Waals surface area contributed by atoms with Gasteiger partial charge in [0.15, 0.2) is 11.6 Å². The van der Waals surface area contributed by atoms with Gasteiger partial charge in [0, 0.05) is 11.9 Å². The molecule has 0 atom stereocenters. The molecule has 0 saturated heterocycles. The van der Waals surface area contributed by atoms with Gasteiger partial charge in [0.05, 0.1) is 0 Å². The van der Waals surface area contributed by atoms with Crippen LogP contribution in [0.3, 0.4) is 0 Å². The number of anilines is 5. The molecule has 24 heavy (non-hydrogen) atoms. The van der Waals surface area contributed by atoms with Crippen molar-refractivity contribution in [3.63, 3.8) is 0 Å². The number of pyridine rings is 1. The molecule has 0 saturated carbocycles. The molecule has 0 spiro atoms. The van der Waals surface area contributed by atoms with Crippen molar-refractivity contribution >= 4 is 28.8 Å². The average molecular weight is 320 g/mol. The third-order valence-electron chi connectivity index (χ3n) is 3.90. The zero-order chi connectivity index (χ0) is 17.1. The Hall–Kier alpha value is -3.15. The van der Waals surface area contributed by atoms with Crippen molar-refractivity contribution in [2.75, 3.05) is 16.4 Å². The van der Waals surface area contributed by atoms with Gasteiger partial charge in [-0.2, -0.15) is 0 Å². The van der Waals surface area contributed by atoms with Crippen LogP contribution in [0.4, 0.5) is 28.8 Å². The van der Waals surface area contributed by atoms with Crippen LogP contribution in [0.15, 0.2) is 42.9 Å². The second kappa shape index (κ2) is 6.54. The van der Waals surface area contributed by atoms with Crippen LogP contribution in [0, 0.1) is 20.8 Å². The summed E-state index contributed by atoms with van der Waals surface area (Å²) >= 11 is 0. The standard InChI is InChI=1S/C18H20N6/c1-11-6-7-14(9-13(11)3)23-17-15(19)18(22-10-21-17)24-16-12(2)5-4-8-20-16/h4-10H,19H2,1-3H3,(H2,20,21,22,23,24). The van der Waals surface area contributed by atoms with Gasteiger partial charge in [-0.25, -0.2) is 15.0 Å². The molecule has 6 nitrogen and oxygen atoms in total. The molecule has 6 heteroatoms. The molecule has 0 aliphatic carbocycles. The molecule has 3 aromatic rings. The van der Waals surface area contributed by atoms with Gasteiger partial charge < -0.3 is 16.4 Å². The lowest BCUT2D eigenvalue weighted by atomic mass is 10.1. The zero-order valence-electron chi connectivity index (χ0n) is 14.0. The molecule has 1 aromatic carbocycles. The summed E-state index contributed by atoms with van der Waals surface area (Å²) in [6.07, 6.45) is 3.20. The first-order valence-electron chi connectivity index (χ1n) is 7.68. The van der Waals surface area contributed by atoms with Gasteiger partial charge >= 0.3 is 0 Å². The summed E-state index contributed by atoms with van der Waals surface area (Å²) in [5.41, 5.74) is 11.1. The van der Waals surface area contributed by atoms with Crippen LogP contribution in [0.1, 0.15) is 16.7 Å². The summed E-state index contributed by atoms with van der Waals surface area (Å²) in [5.74, 6) is 1.81. The van der Waals surface area contributed by atoms with Gasteiger partial charge in [-0.3, -0.25) is 0 Å². The maximum absolute atomic E-state index is 6.22. The minimum atomic E-state index is 0.445. The largest absolute Gasteiger partial charge is 0.393 e. The smallest absolute Gasteiger partial charge is 0.160 e. The van der Waals surface area contributed by atoms with E-state index in [0.29, 0.717) is 17.3 Å². The number of rotatable bonds is 4. The van der Waals surface area contributed by atoms with Crippen molar-refractivity contribution in [3.05, 3.63) is 59.5 Å². The molecule has 0 radical (unpaired) electrons. The molecule has 0 fully saturated rings. The molecular formula is C18H20N6. The van der Waals surface area contributed by atoms with E-state index in [9.17, 15) is 0 Å². The highest BCUT2D eigenvalue weighted by molar-refractivity contribution is 5.80. The molecule has 0 aliphatic rings. The van der Waals surface area contributed by atoms with Crippen molar-refractivity contribution in [3.8, 4) is 0 Å². The van der Waals surface area contributed by atoms with Gasteiger partial charge in [-0.05, 0) is 55.7 Å². The van der Waals surface area contributed by atoms with Crippen molar-refractivity contribution in [1.29, 1.82) is 0 Å². The van der Waals surface area contributed by atoms with Crippen LogP contribution >= 0.6 is 0 Å². The Kier molecular flexibility index (Phi) is 4.29. The van der Waals surface area contributed by atoms with E-state index in [-0.39, 0.29) is 0 Å². The summed E-state index contributed by atoms with van der Waals surface area (Å²) in [5, 5.41) is 6.40. The second-order valence-corrected chi connectivity index (χ2v) is 5.70. The first-order valence-corrected chi connectivity index (χ1v) is 7.68. The number of hydrogen-bond acceptors (Lipinski definition) is 6. The SMILES string of the molecule is Cc1ccc(Nc2ncnc(Nc3ncccc3C)c2N)cc1C. The van der Waals surface area contributed by atoms with Crippen molar-refractivity contribution in [2.45, 2.75) is 20.8 Å². The maximum Gasteiger partial charge on any atom is 0.160 e. The summed E-state index contributed by atoms with van der Waals surface area (Å²) in [7, 11) is 0. The minimum absolute atomic E-state index is 0.445. The fraction of sp³-hybridized carbons (Fsp3) is 0.167. The predicted molar refractivity (Wildman–Crippen MR) is 97.9 cm³/mol. The van der Waals surface area contributed by atoms with Crippen LogP contribution in [0.2, 0.25) is 0 Å². The van der Waals surface area contributed by atoms with E-state index in [4.69, 9.17) is 5.73 Å². The number of nitrogens with one attached hydrogen (secondary N) is 2. The lowest BCUT2D eigenvalue weighted by Crippen LogP contribution is -2.06. The Morgan fingerprint density at radius 3 is 2.25 bits per heavy atom. The van der Waals surface area contributed by atoms with Crippen LogP contribution < -0.4 is 16.4 Å². The van der Waals surface area contributed by atoms with E-state index in [2.05, 4.69) is 51.6 Å². The first-order chi connectivity index (χ1) is 11.5. The Balaban J connectivity index is 1.88. The van der Waals surface area contributed by atoms with E-state index < -0.39 is 0 Å². The molecule has 2 heterocycles. The molecule has 0 bridgehead atoms. The molecule has 3 rings (SSSR count). The summed E-state index contributed by atoms with van der Waals surface area (Å²) in [6, 6.07) is 9.98. The van der Waals surface area contributed by atoms with Crippen LogP contribution in [0.5, 0.6) is 0 Å². The monoisotopic (exact) mass is 320 g/mol. The summed E-state index contributed by atoms with van der Waals surface area (Å²) < 4.78 is 0. The lowest BCUT2D eigenvalue weighted by molar-refractivity contribution is 1.15. The van der Waals surface area contributed by atoms with Gasteiger partial charge in [0.25, 0.3) is 0 Å². The molecule has 0 unspecified atom stereocenters. The number of nitrogens with two attached hydrogens (primary N) is 1. The fourth-order valence-electron chi connectivity index (χ4n) is 2.28. The fourth-order valence-corrected chi connectivity index (χ4v) is 2.28. The van der Waals surface area contributed by atoms with Gasteiger partial charge in [0.1, 0.15) is 17.8 Å². The van der Waals surface area contributed by atoms with E-state index in [1.165, 1.54) is 17.5 Å². The number of nitrogens with zero attached hydrogens (tertiary/aromatic N) is 3. The lowest BCUT2D eigenvalue weighted by Gasteiger charge is -2.13. The van der Waals surface area contributed by atoms with Crippen LogP contribution in [0.25, 0.3) is 0 Å². The Bertz CT molecular complexity index is 875. The Labute approximate surface area is 141 Å². The van der Waals surface area contributed by atoms with E-state index >= 15 is 0 Å². The third-order valence-corrected chi connectivity index (χ3v) is 3.90. The number of hydrogen-bond donors (Lipinski definition) is 3. The van der Waals surface area contributed by atoms with E-state index in [1.54, 1.807) is 6.20 Å². The summed E-state index contributed by atoms with van der Waals surface area (Å²) in [4.78, 5) is 12.8. The molecule has 2 aromatic heterocycles. The quantitative estimate of drug-likeness (QED) is 0.676. The highest BCUT2D eigenvalue weighted by Gasteiger charge is 2.10. The number of nitrogen functional groups attached to an aromatic ring is 1. The Morgan fingerprint density at radius 2 is 1.54 bits per heavy atom. The minimum Gasteiger partial charge on any atom is -0.393 e. The van der Waals surface area contributed by atoms with E-state index in [0.717, 1.165) is 17.1 Å². The second-order valence-electron chi connectivity index (χ2n) is 5.70. The normalized spacial score (nSPS) is 10.5. The Morgan fingerprint density at radius 1 is 0.792 bits per heavy atom. The van der Waals surface area contributed by atoms with Gasteiger partial charge in [0.2, 0.25) is 0 Å². The maximum atomic E-state index is 6.22. The topological polar surface area (TPSA) is 88.8 Å². The van der Waals surface area contributed by atoms with E-state index in [1.807, 2.05) is 25.1 Å². The van der Waals surface area contributed by atoms with Crippen LogP contribution in [-0.2, 0) is 0 Å². The van der Waals surface area contributed by atoms with Crippen molar-refractivity contribution in [1.82, 2.24) is 15.0 Å². The highest BCUT2D eigenvalue weighted by atomic mass is 15.1. The van der Waals surface area contributed by atoms with Crippen LogP contribution in [-0.4, -0.2) is 15.0 Å². The van der Waals surface area contributed by atoms with Crippen molar-refractivity contribution < 1.29 is 0 Å². The molecule has 0 aliphatic heterocycles. The molecule has 4 N–H and O–H groups in total. The number of aromatic nitrogens is 3. The highest BCUT2D eigenvalue weighted by Crippen LogP contribution is 2.28.